The van der Waals surface area contributed by atoms with Gasteiger partial charge in [-0.2, -0.15) is 0 Å². The minimum absolute atomic E-state index is 0.762. The molecule has 18 heavy (non-hydrogen) atoms. The van der Waals surface area contributed by atoms with Crippen molar-refractivity contribution in [1.82, 2.24) is 5.32 Å². The maximum atomic E-state index is 5.71. The van der Waals surface area contributed by atoms with E-state index in [2.05, 4.69) is 24.4 Å². The molecule has 0 unspecified atom stereocenters. The van der Waals surface area contributed by atoms with Gasteiger partial charge in [0.1, 0.15) is 5.75 Å². The molecule has 1 aliphatic rings. The topological polar surface area (TPSA) is 21.3 Å². The first-order valence-corrected chi connectivity index (χ1v) is 7.27. The zero-order valence-corrected chi connectivity index (χ0v) is 11.5. The molecule has 2 rings (SSSR count). The van der Waals surface area contributed by atoms with Crippen LogP contribution in [0.15, 0.2) is 24.3 Å². The molecule has 1 saturated carbocycles. The summed E-state index contributed by atoms with van der Waals surface area (Å²) in [6, 6.07) is 9.04. The molecule has 100 valence electrons. The van der Waals surface area contributed by atoms with Crippen LogP contribution in [0.25, 0.3) is 0 Å². The third-order valence-electron chi connectivity index (χ3n) is 3.65. The lowest BCUT2D eigenvalue weighted by Crippen LogP contribution is -2.32. The quantitative estimate of drug-likeness (QED) is 0.774. The van der Waals surface area contributed by atoms with E-state index in [-0.39, 0.29) is 0 Å². The van der Waals surface area contributed by atoms with Crippen molar-refractivity contribution in [2.24, 2.45) is 0 Å². The first-order valence-electron chi connectivity index (χ1n) is 7.27. The maximum Gasteiger partial charge on any atom is 0.119 e. The van der Waals surface area contributed by atoms with Crippen LogP contribution in [0, 0.1) is 6.92 Å². The number of ether oxygens (including phenoxy) is 1. The van der Waals surface area contributed by atoms with E-state index in [1.165, 1.54) is 37.7 Å². The molecule has 1 aromatic rings. The Kier molecular flexibility index (Phi) is 5.53. The molecule has 0 bridgehead atoms. The van der Waals surface area contributed by atoms with Crippen LogP contribution >= 0.6 is 0 Å². The minimum atomic E-state index is 0.762. The second-order valence-electron chi connectivity index (χ2n) is 5.30. The molecule has 0 aliphatic heterocycles. The Bertz CT molecular complexity index is 327. The van der Waals surface area contributed by atoms with E-state index < -0.39 is 0 Å². The van der Waals surface area contributed by atoms with Gasteiger partial charge in [-0.05, 0) is 44.9 Å². The van der Waals surface area contributed by atoms with Crippen molar-refractivity contribution < 1.29 is 4.74 Å². The van der Waals surface area contributed by atoms with Gasteiger partial charge >= 0.3 is 0 Å². The van der Waals surface area contributed by atoms with Gasteiger partial charge in [0, 0.05) is 6.04 Å². The molecule has 0 atom stereocenters. The number of aryl methyl sites for hydroxylation is 1. The van der Waals surface area contributed by atoms with Gasteiger partial charge in [-0.25, -0.2) is 0 Å². The van der Waals surface area contributed by atoms with Crippen LogP contribution < -0.4 is 10.1 Å². The fraction of sp³-hybridized carbons (Fsp3) is 0.625. The third kappa shape index (κ3) is 4.69. The summed E-state index contributed by atoms with van der Waals surface area (Å²) in [5.74, 6) is 0.985. The second-order valence-corrected chi connectivity index (χ2v) is 5.30. The first-order chi connectivity index (χ1) is 8.84. The predicted octanol–water partition coefficient (Wildman–Crippen LogP) is 3.69. The van der Waals surface area contributed by atoms with E-state index in [0.717, 1.165) is 31.4 Å². The molecule has 1 N–H and O–H groups in total. The predicted molar refractivity (Wildman–Crippen MR) is 76.2 cm³/mol. The van der Waals surface area contributed by atoms with Crippen LogP contribution in [0.2, 0.25) is 0 Å². The Morgan fingerprint density at radius 1 is 1.11 bits per heavy atom. The van der Waals surface area contributed by atoms with E-state index in [0.29, 0.717) is 0 Å². The summed E-state index contributed by atoms with van der Waals surface area (Å²) in [4.78, 5) is 0. The molecule has 0 heterocycles. The summed E-state index contributed by atoms with van der Waals surface area (Å²) >= 11 is 0. The molecule has 2 heteroatoms. The molecule has 1 aromatic carbocycles. The highest BCUT2D eigenvalue weighted by Gasteiger charge is 2.11. The van der Waals surface area contributed by atoms with Crippen molar-refractivity contribution in [1.29, 1.82) is 0 Å². The number of hydrogen-bond donors (Lipinski definition) is 1. The normalized spacial score (nSPS) is 16.7. The van der Waals surface area contributed by atoms with Crippen LogP contribution in [0.1, 0.15) is 44.1 Å². The van der Waals surface area contributed by atoms with Crippen molar-refractivity contribution in [2.75, 3.05) is 13.2 Å². The van der Waals surface area contributed by atoms with Gasteiger partial charge in [0.2, 0.25) is 0 Å². The summed E-state index contributed by atoms with van der Waals surface area (Å²) in [6.07, 6.45) is 8.03. The Morgan fingerprint density at radius 2 is 1.83 bits per heavy atom. The summed E-state index contributed by atoms with van der Waals surface area (Å²) in [5, 5.41) is 3.64. The number of nitrogens with one attached hydrogen (secondary N) is 1. The van der Waals surface area contributed by atoms with E-state index in [9.17, 15) is 0 Å². The molecule has 0 aromatic heterocycles. The smallest absolute Gasteiger partial charge is 0.119 e. The van der Waals surface area contributed by atoms with Crippen LogP contribution in [0.5, 0.6) is 5.75 Å². The zero-order valence-electron chi connectivity index (χ0n) is 11.5. The van der Waals surface area contributed by atoms with Gasteiger partial charge < -0.3 is 10.1 Å². The molecule has 0 amide bonds. The van der Waals surface area contributed by atoms with E-state index in [4.69, 9.17) is 4.74 Å². The lowest BCUT2D eigenvalue weighted by molar-refractivity contribution is 0.297. The van der Waals surface area contributed by atoms with Crippen LogP contribution in [-0.4, -0.2) is 19.2 Å². The highest BCUT2D eigenvalue weighted by atomic mass is 16.5. The highest BCUT2D eigenvalue weighted by Crippen LogP contribution is 2.17. The third-order valence-corrected chi connectivity index (χ3v) is 3.65. The minimum Gasteiger partial charge on any atom is -0.494 e. The molecular formula is C16H25NO. The summed E-state index contributed by atoms with van der Waals surface area (Å²) in [6.45, 7) is 3.98. The second kappa shape index (κ2) is 7.42. The SMILES string of the molecule is Cc1ccc(OCCCNC2CCCCC2)cc1. The lowest BCUT2D eigenvalue weighted by Gasteiger charge is -2.22. The number of benzene rings is 1. The average molecular weight is 247 g/mol. The standard InChI is InChI=1S/C16H25NO/c1-14-8-10-16(11-9-14)18-13-5-12-17-15-6-3-2-4-7-15/h8-11,15,17H,2-7,12-13H2,1H3. The lowest BCUT2D eigenvalue weighted by atomic mass is 9.95. The van der Waals surface area contributed by atoms with E-state index in [1.807, 2.05) is 12.1 Å². The van der Waals surface area contributed by atoms with Crippen molar-refractivity contribution in [3.63, 3.8) is 0 Å². The van der Waals surface area contributed by atoms with Gasteiger partial charge in [-0.1, -0.05) is 37.0 Å². The van der Waals surface area contributed by atoms with Gasteiger partial charge in [-0.3, -0.25) is 0 Å². The largest absolute Gasteiger partial charge is 0.494 e. The van der Waals surface area contributed by atoms with Gasteiger partial charge in [0.25, 0.3) is 0 Å². The molecule has 0 radical (unpaired) electrons. The molecular weight excluding hydrogens is 222 g/mol. The van der Waals surface area contributed by atoms with Gasteiger partial charge in [0.05, 0.1) is 6.61 Å². The fourth-order valence-electron chi connectivity index (χ4n) is 2.51. The Labute approximate surface area is 111 Å². The first kappa shape index (κ1) is 13.4. The zero-order chi connectivity index (χ0) is 12.6. The van der Waals surface area contributed by atoms with Crippen LogP contribution in [0.3, 0.4) is 0 Å². The monoisotopic (exact) mass is 247 g/mol. The Morgan fingerprint density at radius 3 is 2.56 bits per heavy atom. The average Bonchev–Trinajstić information content (AvgIpc) is 2.42. The highest BCUT2D eigenvalue weighted by molar-refractivity contribution is 5.26. The maximum absolute atomic E-state index is 5.71. The molecule has 1 fully saturated rings. The Hall–Kier alpha value is -1.02. The number of rotatable bonds is 6. The number of hydrogen-bond acceptors (Lipinski definition) is 2. The van der Waals surface area contributed by atoms with Crippen LogP contribution in [0.4, 0.5) is 0 Å². The molecule has 0 saturated heterocycles. The van der Waals surface area contributed by atoms with Gasteiger partial charge in [-0.15, -0.1) is 0 Å². The molecule has 1 aliphatic carbocycles. The van der Waals surface area contributed by atoms with Crippen LogP contribution in [-0.2, 0) is 0 Å². The summed E-state index contributed by atoms with van der Waals surface area (Å²) in [5.41, 5.74) is 1.28. The fourth-order valence-corrected chi connectivity index (χ4v) is 2.51. The van der Waals surface area contributed by atoms with Gasteiger partial charge in [0.15, 0.2) is 0 Å². The van der Waals surface area contributed by atoms with E-state index in [1.54, 1.807) is 0 Å². The molecule has 2 nitrogen and oxygen atoms in total. The van der Waals surface area contributed by atoms with Crippen molar-refractivity contribution >= 4 is 0 Å². The summed E-state index contributed by atoms with van der Waals surface area (Å²) < 4.78 is 5.71. The Balaban J connectivity index is 1.54. The van der Waals surface area contributed by atoms with Crippen molar-refractivity contribution in [3.05, 3.63) is 29.8 Å². The van der Waals surface area contributed by atoms with Crippen molar-refractivity contribution in [2.45, 2.75) is 51.5 Å². The summed E-state index contributed by atoms with van der Waals surface area (Å²) in [7, 11) is 0. The van der Waals surface area contributed by atoms with Crippen molar-refractivity contribution in [3.8, 4) is 5.75 Å². The van der Waals surface area contributed by atoms with E-state index >= 15 is 0 Å². The molecule has 0 spiro atoms.